The highest BCUT2D eigenvalue weighted by atomic mass is 16.5. The van der Waals surface area contributed by atoms with Crippen LogP contribution in [0.5, 0.6) is 5.75 Å². The molecule has 1 aromatic carbocycles. The van der Waals surface area contributed by atoms with Crippen LogP contribution in [-0.4, -0.2) is 18.3 Å². The minimum absolute atomic E-state index is 0.000545. The number of aliphatic hydroxyl groups is 1. The topological polar surface area (TPSA) is 55.5 Å². The Morgan fingerprint density at radius 3 is 2.59 bits per heavy atom. The first-order chi connectivity index (χ1) is 8.25. The number of hydrogen-bond acceptors (Lipinski definition) is 3. The number of para-hydroxylation sites is 1. The molecule has 3 heteroatoms. The van der Waals surface area contributed by atoms with Crippen molar-refractivity contribution in [2.24, 2.45) is 5.73 Å². The molecule has 1 aromatic rings. The Balaban J connectivity index is 2.31. The van der Waals surface area contributed by atoms with Gasteiger partial charge in [-0.25, -0.2) is 0 Å². The minimum atomic E-state index is 0.000545. The molecule has 1 rings (SSSR count). The Morgan fingerprint density at radius 1 is 1.18 bits per heavy atom. The predicted octanol–water partition coefficient (Wildman–Crippen LogP) is 2.64. The van der Waals surface area contributed by atoms with Gasteiger partial charge in [0, 0.05) is 18.2 Å². The third kappa shape index (κ3) is 5.20. The molecule has 3 N–H and O–H groups in total. The second-order valence-electron chi connectivity index (χ2n) is 4.31. The Morgan fingerprint density at radius 2 is 1.88 bits per heavy atom. The zero-order valence-corrected chi connectivity index (χ0v) is 10.6. The fourth-order valence-electron chi connectivity index (χ4n) is 1.74. The van der Waals surface area contributed by atoms with Crippen LogP contribution in [0.4, 0.5) is 0 Å². The van der Waals surface area contributed by atoms with Gasteiger partial charge in [-0.1, -0.05) is 24.6 Å². The molecule has 0 saturated heterocycles. The maximum atomic E-state index is 8.65. The van der Waals surface area contributed by atoms with Crippen molar-refractivity contribution in [1.29, 1.82) is 0 Å². The van der Waals surface area contributed by atoms with Crippen LogP contribution in [0, 0.1) is 0 Å². The lowest BCUT2D eigenvalue weighted by atomic mass is 10.1. The summed E-state index contributed by atoms with van der Waals surface area (Å²) in [5, 5.41) is 8.65. The molecule has 0 unspecified atom stereocenters. The molecular weight excluding hydrogens is 214 g/mol. The van der Waals surface area contributed by atoms with Gasteiger partial charge in [-0.3, -0.25) is 0 Å². The Kier molecular flexibility index (Phi) is 6.67. The number of unbranched alkanes of at least 4 members (excludes halogenated alkanes) is 3. The van der Waals surface area contributed by atoms with Gasteiger partial charge in [0.15, 0.2) is 0 Å². The normalized spacial score (nSPS) is 12.4. The van der Waals surface area contributed by atoms with Crippen molar-refractivity contribution in [3.05, 3.63) is 29.8 Å². The zero-order valence-electron chi connectivity index (χ0n) is 10.6. The molecule has 0 amide bonds. The molecule has 0 aliphatic rings. The predicted molar refractivity (Wildman–Crippen MR) is 70.1 cm³/mol. The lowest BCUT2D eigenvalue weighted by molar-refractivity contribution is 0.272. The quantitative estimate of drug-likeness (QED) is 0.683. The molecule has 17 heavy (non-hydrogen) atoms. The molecule has 0 radical (unpaired) electrons. The van der Waals surface area contributed by atoms with Crippen LogP contribution >= 0.6 is 0 Å². The van der Waals surface area contributed by atoms with Crippen LogP contribution in [-0.2, 0) is 0 Å². The molecule has 0 aromatic heterocycles. The Hall–Kier alpha value is -1.06. The lowest BCUT2D eigenvalue weighted by Crippen LogP contribution is -2.08. The molecule has 0 aliphatic heterocycles. The van der Waals surface area contributed by atoms with E-state index in [1.165, 1.54) is 0 Å². The smallest absolute Gasteiger partial charge is 0.124 e. The zero-order chi connectivity index (χ0) is 12.5. The van der Waals surface area contributed by atoms with E-state index < -0.39 is 0 Å². The molecule has 0 bridgehead atoms. The Labute approximate surface area is 104 Å². The standard InChI is InChI=1S/C14H23NO2/c1-12(15)13-8-4-5-9-14(13)17-11-7-3-2-6-10-16/h4-5,8-9,12,16H,2-3,6-7,10-11,15H2,1H3/t12-/m0/s1. The van der Waals surface area contributed by atoms with E-state index in [2.05, 4.69) is 0 Å². The fraction of sp³-hybridized carbons (Fsp3) is 0.571. The summed E-state index contributed by atoms with van der Waals surface area (Å²) in [6.45, 7) is 2.97. The summed E-state index contributed by atoms with van der Waals surface area (Å²) in [6, 6.07) is 7.92. The molecule has 0 aliphatic carbocycles. The first-order valence-electron chi connectivity index (χ1n) is 6.34. The molecule has 0 spiro atoms. The average molecular weight is 237 g/mol. The van der Waals surface area contributed by atoms with Crippen LogP contribution in [0.3, 0.4) is 0 Å². The van der Waals surface area contributed by atoms with Crippen molar-refractivity contribution >= 4 is 0 Å². The third-order valence-corrected chi connectivity index (χ3v) is 2.72. The third-order valence-electron chi connectivity index (χ3n) is 2.72. The summed E-state index contributed by atoms with van der Waals surface area (Å²) < 4.78 is 5.74. The van der Waals surface area contributed by atoms with Crippen molar-refractivity contribution in [3.63, 3.8) is 0 Å². The molecule has 0 fully saturated rings. The summed E-state index contributed by atoms with van der Waals surface area (Å²) in [7, 11) is 0. The molecule has 1 atom stereocenters. The Bertz CT molecular complexity index is 313. The highest BCUT2D eigenvalue weighted by molar-refractivity contribution is 5.35. The van der Waals surface area contributed by atoms with E-state index in [0.29, 0.717) is 0 Å². The van der Waals surface area contributed by atoms with E-state index >= 15 is 0 Å². The van der Waals surface area contributed by atoms with Gasteiger partial charge in [-0.05, 0) is 32.3 Å². The van der Waals surface area contributed by atoms with E-state index in [9.17, 15) is 0 Å². The SMILES string of the molecule is C[C@H](N)c1ccccc1OCCCCCCO. The number of hydrogen-bond donors (Lipinski definition) is 2. The van der Waals surface area contributed by atoms with Crippen molar-refractivity contribution in [2.75, 3.05) is 13.2 Å². The van der Waals surface area contributed by atoms with Gasteiger partial charge in [-0.15, -0.1) is 0 Å². The summed E-state index contributed by atoms with van der Waals surface area (Å²) in [5.41, 5.74) is 6.93. The summed E-state index contributed by atoms with van der Waals surface area (Å²) in [4.78, 5) is 0. The van der Waals surface area contributed by atoms with Crippen LogP contribution < -0.4 is 10.5 Å². The number of rotatable bonds is 8. The lowest BCUT2D eigenvalue weighted by Gasteiger charge is -2.13. The largest absolute Gasteiger partial charge is 0.493 e. The molecule has 3 nitrogen and oxygen atoms in total. The fourth-order valence-corrected chi connectivity index (χ4v) is 1.74. The van der Waals surface area contributed by atoms with Crippen LogP contribution in [0.2, 0.25) is 0 Å². The summed E-state index contributed by atoms with van der Waals surface area (Å²) >= 11 is 0. The number of nitrogens with two attached hydrogens (primary N) is 1. The number of ether oxygens (including phenoxy) is 1. The van der Waals surface area contributed by atoms with E-state index in [1.54, 1.807) is 0 Å². The monoisotopic (exact) mass is 237 g/mol. The summed E-state index contributed by atoms with van der Waals surface area (Å²) in [5.74, 6) is 0.893. The van der Waals surface area contributed by atoms with Gasteiger partial charge in [0.2, 0.25) is 0 Å². The maximum absolute atomic E-state index is 8.65. The summed E-state index contributed by atoms with van der Waals surface area (Å²) in [6.07, 6.45) is 4.07. The van der Waals surface area contributed by atoms with Crippen molar-refractivity contribution in [3.8, 4) is 5.75 Å². The highest BCUT2D eigenvalue weighted by Gasteiger charge is 2.06. The molecule has 0 saturated carbocycles. The van der Waals surface area contributed by atoms with E-state index in [0.717, 1.165) is 43.6 Å². The van der Waals surface area contributed by atoms with Gasteiger partial charge in [0.1, 0.15) is 5.75 Å². The van der Waals surface area contributed by atoms with Crippen molar-refractivity contribution in [2.45, 2.75) is 38.6 Å². The number of benzene rings is 1. The van der Waals surface area contributed by atoms with Gasteiger partial charge in [-0.2, -0.15) is 0 Å². The molecular formula is C14H23NO2. The second-order valence-corrected chi connectivity index (χ2v) is 4.31. The molecule has 96 valence electrons. The first-order valence-corrected chi connectivity index (χ1v) is 6.34. The van der Waals surface area contributed by atoms with Crippen molar-refractivity contribution in [1.82, 2.24) is 0 Å². The van der Waals surface area contributed by atoms with Gasteiger partial charge >= 0.3 is 0 Å². The maximum Gasteiger partial charge on any atom is 0.124 e. The highest BCUT2D eigenvalue weighted by Crippen LogP contribution is 2.23. The van der Waals surface area contributed by atoms with Crippen LogP contribution in [0.25, 0.3) is 0 Å². The van der Waals surface area contributed by atoms with E-state index in [4.69, 9.17) is 15.6 Å². The van der Waals surface area contributed by atoms with Crippen LogP contribution in [0.15, 0.2) is 24.3 Å². The van der Waals surface area contributed by atoms with Crippen LogP contribution in [0.1, 0.15) is 44.2 Å². The van der Waals surface area contributed by atoms with E-state index in [-0.39, 0.29) is 12.6 Å². The second kappa shape index (κ2) is 8.09. The minimum Gasteiger partial charge on any atom is -0.493 e. The average Bonchev–Trinajstić information content (AvgIpc) is 2.34. The van der Waals surface area contributed by atoms with Crippen molar-refractivity contribution < 1.29 is 9.84 Å². The van der Waals surface area contributed by atoms with Gasteiger partial charge in [0.05, 0.1) is 6.61 Å². The van der Waals surface area contributed by atoms with E-state index in [1.807, 2.05) is 31.2 Å². The number of aliphatic hydroxyl groups excluding tert-OH is 1. The first kappa shape index (κ1) is 14.0. The molecule has 0 heterocycles. The van der Waals surface area contributed by atoms with Gasteiger partial charge in [0.25, 0.3) is 0 Å². The van der Waals surface area contributed by atoms with Gasteiger partial charge < -0.3 is 15.6 Å².